The predicted molar refractivity (Wildman–Crippen MR) is 148 cm³/mol. The summed E-state index contributed by atoms with van der Waals surface area (Å²) < 4.78 is 2.42. The van der Waals surface area contributed by atoms with Gasteiger partial charge in [0.05, 0.1) is 17.1 Å². The molecule has 1 aliphatic heterocycles. The molecule has 202 valence electrons. The Labute approximate surface area is 224 Å². The van der Waals surface area contributed by atoms with Crippen molar-refractivity contribution in [1.29, 1.82) is 5.26 Å². The van der Waals surface area contributed by atoms with Crippen molar-refractivity contribution in [1.82, 2.24) is 9.55 Å². The van der Waals surface area contributed by atoms with Crippen LogP contribution in [0, 0.1) is 17.2 Å². The number of hydrogen-bond donors (Lipinski definition) is 2. The monoisotopic (exact) mass is 518 g/mol. The van der Waals surface area contributed by atoms with E-state index >= 15 is 0 Å². The summed E-state index contributed by atoms with van der Waals surface area (Å²) in [5.74, 6) is 0.950. The van der Waals surface area contributed by atoms with E-state index in [4.69, 9.17) is 20.0 Å². The molecule has 38 heavy (non-hydrogen) atoms. The van der Waals surface area contributed by atoms with Crippen LogP contribution in [-0.2, 0) is 22.4 Å². The van der Waals surface area contributed by atoms with Crippen LogP contribution in [0.3, 0.4) is 0 Å². The van der Waals surface area contributed by atoms with Gasteiger partial charge in [-0.15, -0.1) is 0 Å². The highest BCUT2D eigenvalue weighted by atomic mass is 16.3. The Kier molecular flexibility index (Phi) is 10.4. The maximum absolute atomic E-state index is 12.1. The Morgan fingerprint density at radius 1 is 1.08 bits per heavy atom. The zero-order chi connectivity index (χ0) is 27.7. The number of hydrogen-bond acceptors (Lipinski definition) is 6. The first-order valence-corrected chi connectivity index (χ1v) is 13.2. The molecule has 0 bridgehead atoms. The Balaban J connectivity index is 0.000000748. The molecule has 1 fully saturated rings. The number of carboxylic acid groups (broad SMARTS) is 1. The Morgan fingerprint density at radius 2 is 1.74 bits per heavy atom. The summed E-state index contributed by atoms with van der Waals surface area (Å²) in [4.78, 5) is 28.1. The highest BCUT2D eigenvalue weighted by Crippen LogP contribution is 2.40. The van der Waals surface area contributed by atoms with Crippen LogP contribution in [0.15, 0.2) is 42.5 Å². The van der Waals surface area contributed by atoms with Gasteiger partial charge in [-0.05, 0) is 63.1 Å². The normalized spacial score (nSPS) is 21.0. The average molecular weight is 519 g/mol. The van der Waals surface area contributed by atoms with Crippen molar-refractivity contribution in [2.45, 2.75) is 69.9 Å². The number of aldehydes is 1. The number of rotatable bonds is 5. The Bertz CT molecular complexity index is 1240. The van der Waals surface area contributed by atoms with E-state index < -0.39 is 0 Å². The SMILES string of the molecule is CC1CCc2c(ccc3c2nc(CC(C=O)c2ccccc2)n3C2CCC(C#N)CC2)N1C.CO.O=CO. The summed E-state index contributed by atoms with van der Waals surface area (Å²) in [6, 6.07) is 17.8. The van der Waals surface area contributed by atoms with Gasteiger partial charge < -0.3 is 24.5 Å². The van der Waals surface area contributed by atoms with Gasteiger partial charge in [0, 0.05) is 55.7 Å². The zero-order valence-corrected chi connectivity index (χ0v) is 22.5. The van der Waals surface area contributed by atoms with E-state index in [1.807, 2.05) is 30.3 Å². The molecule has 2 heterocycles. The number of anilines is 1. The van der Waals surface area contributed by atoms with Crippen molar-refractivity contribution >= 4 is 29.5 Å². The third kappa shape index (κ3) is 6.05. The Hall–Kier alpha value is -3.70. The lowest BCUT2D eigenvalue weighted by Crippen LogP contribution is -2.33. The second-order valence-electron chi connectivity index (χ2n) is 9.92. The molecule has 1 saturated carbocycles. The molecule has 1 aliphatic carbocycles. The van der Waals surface area contributed by atoms with E-state index in [9.17, 15) is 10.1 Å². The molecule has 2 aliphatic rings. The van der Waals surface area contributed by atoms with Gasteiger partial charge in [-0.3, -0.25) is 4.79 Å². The maximum atomic E-state index is 12.1. The number of aliphatic hydroxyl groups excluding tert-OH is 1. The Morgan fingerprint density at radius 3 is 2.34 bits per heavy atom. The fourth-order valence-corrected chi connectivity index (χ4v) is 5.77. The van der Waals surface area contributed by atoms with E-state index in [1.54, 1.807) is 0 Å². The van der Waals surface area contributed by atoms with Crippen molar-refractivity contribution in [2.24, 2.45) is 5.92 Å². The van der Waals surface area contributed by atoms with Crippen LogP contribution in [0.1, 0.15) is 67.9 Å². The van der Waals surface area contributed by atoms with Gasteiger partial charge in [0.15, 0.2) is 0 Å². The molecule has 2 N–H and O–H groups in total. The first-order valence-electron chi connectivity index (χ1n) is 13.2. The van der Waals surface area contributed by atoms with E-state index in [2.05, 4.69) is 41.6 Å². The standard InChI is InChI=1S/C28H32N4O.CH2O2.CH4O/c1-19-8-13-24-25(31(19)2)14-15-26-28(24)30-27(16-22(18-33)21-6-4-3-5-7-21)32(26)23-11-9-20(17-29)10-12-23;2-1-3;1-2/h3-7,14-15,18-20,22-23H,8-13,16H2,1-2H3;1H,(H,2,3);2H,1H3. The molecule has 2 aromatic carbocycles. The van der Waals surface area contributed by atoms with Crippen molar-refractivity contribution in [3.8, 4) is 6.07 Å². The molecule has 0 amide bonds. The molecule has 0 saturated heterocycles. The third-order valence-corrected chi connectivity index (χ3v) is 7.91. The van der Waals surface area contributed by atoms with Crippen LogP contribution in [0.5, 0.6) is 0 Å². The highest BCUT2D eigenvalue weighted by molar-refractivity contribution is 5.86. The molecule has 0 spiro atoms. The number of aryl methyl sites for hydroxylation is 1. The van der Waals surface area contributed by atoms with Crippen molar-refractivity contribution in [2.75, 3.05) is 19.1 Å². The first-order chi connectivity index (χ1) is 18.5. The van der Waals surface area contributed by atoms with Gasteiger partial charge in [-0.1, -0.05) is 30.3 Å². The number of nitriles is 1. The average Bonchev–Trinajstić information content (AvgIpc) is 3.34. The minimum Gasteiger partial charge on any atom is -0.483 e. The molecule has 0 radical (unpaired) electrons. The van der Waals surface area contributed by atoms with Crippen molar-refractivity contribution in [3.05, 3.63) is 59.4 Å². The summed E-state index contributed by atoms with van der Waals surface area (Å²) in [6.07, 6.45) is 7.66. The van der Waals surface area contributed by atoms with E-state index in [0.717, 1.165) is 68.8 Å². The lowest BCUT2D eigenvalue weighted by molar-refractivity contribution is -0.122. The van der Waals surface area contributed by atoms with E-state index in [0.29, 0.717) is 18.5 Å². The number of fused-ring (bicyclic) bond motifs is 3. The summed E-state index contributed by atoms with van der Waals surface area (Å²) >= 11 is 0. The summed E-state index contributed by atoms with van der Waals surface area (Å²) in [5, 5.41) is 23.3. The molecule has 3 aromatic rings. The number of aromatic nitrogens is 2. The lowest BCUT2D eigenvalue weighted by Gasteiger charge is -2.34. The number of nitrogens with zero attached hydrogens (tertiary/aromatic N) is 4. The molecular weight excluding hydrogens is 480 g/mol. The van der Waals surface area contributed by atoms with Crippen LogP contribution in [0.25, 0.3) is 11.0 Å². The smallest absolute Gasteiger partial charge is 0.290 e. The van der Waals surface area contributed by atoms with E-state index in [1.165, 1.54) is 16.8 Å². The van der Waals surface area contributed by atoms with Crippen LogP contribution in [0.4, 0.5) is 5.69 Å². The molecular formula is C30H38N4O4. The van der Waals surface area contributed by atoms with Crippen LogP contribution in [-0.4, -0.2) is 52.7 Å². The first kappa shape index (κ1) is 28.9. The minimum atomic E-state index is -0.250. The number of benzene rings is 2. The lowest BCUT2D eigenvalue weighted by atomic mass is 9.86. The van der Waals surface area contributed by atoms with E-state index in [-0.39, 0.29) is 18.3 Å². The quantitative estimate of drug-likeness (QED) is 0.461. The van der Waals surface area contributed by atoms with Crippen molar-refractivity contribution in [3.63, 3.8) is 0 Å². The molecule has 8 heteroatoms. The van der Waals surface area contributed by atoms with Crippen molar-refractivity contribution < 1.29 is 19.8 Å². The summed E-state index contributed by atoms with van der Waals surface area (Å²) in [5.41, 5.74) is 5.93. The highest BCUT2D eigenvalue weighted by Gasteiger charge is 2.30. The molecule has 5 rings (SSSR count). The van der Waals surface area contributed by atoms with Crippen LogP contribution < -0.4 is 4.90 Å². The van der Waals surface area contributed by atoms with Gasteiger partial charge in [0.2, 0.25) is 0 Å². The fourth-order valence-electron chi connectivity index (χ4n) is 5.77. The van der Waals surface area contributed by atoms with Crippen LogP contribution >= 0.6 is 0 Å². The minimum absolute atomic E-state index is 0.162. The molecule has 2 atom stereocenters. The van der Waals surface area contributed by atoms with Gasteiger partial charge in [0.25, 0.3) is 6.47 Å². The fraction of sp³-hybridized carbons (Fsp3) is 0.467. The number of imidazole rings is 1. The number of carbonyl (C=O) groups is 2. The second kappa shape index (κ2) is 13.7. The third-order valence-electron chi connectivity index (χ3n) is 7.91. The van der Waals surface area contributed by atoms with Gasteiger partial charge in [-0.2, -0.15) is 5.26 Å². The maximum Gasteiger partial charge on any atom is 0.290 e. The topological polar surface area (TPSA) is 119 Å². The predicted octanol–water partition coefficient (Wildman–Crippen LogP) is 4.90. The van der Waals surface area contributed by atoms with Gasteiger partial charge >= 0.3 is 0 Å². The van der Waals surface area contributed by atoms with Gasteiger partial charge in [-0.25, -0.2) is 4.98 Å². The summed E-state index contributed by atoms with van der Waals surface area (Å²) in [6.45, 7) is 2.03. The largest absolute Gasteiger partial charge is 0.483 e. The molecule has 1 aromatic heterocycles. The van der Waals surface area contributed by atoms with Gasteiger partial charge in [0.1, 0.15) is 12.1 Å². The number of aliphatic hydroxyl groups is 1. The summed E-state index contributed by atoms with van der Waals surface area (Å²) in [7, 11) is 3.17. The molecule has 8 nitrogen and oxygen atoms in total. The zero-order valence-electron chi connectivity index (χ0n) is 22.5. The second-order valence-corrected chi connectivity index (χ2v) is 9.92. The molecule has 2 unspecified atom stereocenters. The van der Waals surface area contributed by atoms with Crippen LogP contribution in [0.2, 0.25) is 0 Å². The number of carbonyl (C=O) groups excluding carboxylic acids is 1.